The van der Waals surface area contributed by atoms with E-state index in [4.69, 9.17) is 4.98 Å². The van der Waals surface area contributed by atoms with Gasteiger partial charge in [-0.3, -0.25) is 14.5 Å². The van der Waals surface area contributed by atoms with E-state index < -0.39 is 17.5 Å². The molecule has 1 N–H and O–H groups in total. The van der Waals surface area contributed by atoms with Crippen molar-refractivity contribution in [1.82, 2.24) is 20.1 Å². The first-order valence-electron chi connectivity index (χ1n) is 12.2. The van der Waals surface area contributed by atoms with Gasteiger partial charge in [-0.05, 0) is 54.3 Å². The van der Waals surface area contributed by atoms with E-state index in [2.05, 4.69) is 11.4 Å². The fourth-order valence-electron chi connectivity index (χ4n) is 5.24. The molecule has 36 heavy (non-hydrogen) atoms. The number of carbonyl (C=O) groups excluding carboxylic acids is 3. The molecule has 4 amide bonds. The van der Waals surface area contributed by atoms with Gasteiger partial charge >= 0.3 is 6.03 Å². The largest absolute Gasteiger partial charge is 0.340 e. The average Bonchev–Trinajstić information content (AvgIpc) is 3.43. The molecule has 8 heteroatoms. The normalized spacial score (nSPS) is 22.4. The molecule has 2 aliphatic rings. The number of aromatic nitrogens is 1. The molecule has 0 unspecified atom stereocenters. The van der Waals surface area contributed by atoms with Crippen LogP contribution in [0.4, 0.5) is 4.79 Å². The number of hydrogen-bond acceptors (Lipinski definition) is 5. The first-order valence-corrected chi connectivity index (χ1v) is 13.0. The Morgan fingerprint density at radius 1 is 1.08 bits per heavy atom. The highest BCUT2D eigenvalue weighted by molar-refractivity contribution is 7.18. The van der Waals surface area contributed by atoms with Crippen LogP contribution in [0.15, 0.2) is 66.7 Å². The topological polar surface area (TPSA) is 82.6 Å². The second-order valence-electron chi connectivity index (χ2n) is 9.71. The zero-order chi connectivity index (χ0) is 24.9. The molecule has 0 bridgehead atoms. The van der Waals surface area contributed by atoms with Crippen molar-refractivity contribution >= 4 is 50.2 Å². The van der Waals surface area contributed by atoms with Crippen molar-refractivity contribution in [2.45, 2.75) is 31.2 Å². The Hall–Kier alpha value is -3.78. The maximum atomic E-state index is 13.4. The van der Waals surface area contributed by atoms with Crippen LogP contribution < -0.4 is 5.32 Å². The molecule has 0 aliphatic carbocycles. The maximum absolute atomic E-state index is 13.4. The number of fused-ring (bicyclic) bond motifs is 2. The molecular formula is C28H26N4O3S. The van der Waals surface area contributed by atoms with Gasteiger partial charge in [-0.2, -0.15) is 0 Å². The molecule has 2 aliphatic heterocycles. The van der Waals surface area contributed by atoms with Gasteiger partial charge in [0, 0.05) is 19.0 Å². The smallest absolute Gasteiger partial charge is 0.325 e. The Kier molecular flexibility index (Phi) is 5.48. The van der Waals surface area contributed by atoms with E-state index in [0.717, 1.165) is 43.7 Å². The van der Waals surface area contributed by atoms with Crippen molar-refractivity contribution in [2.75, 3.05) is 19.6 Å². The Labute approximate surface area is 212 Å². The number of nitrogens with zero attached hydrogens (tertiary/aromatic N) is 3. The quantitative estimate of drug-likeness (QED) is 0.416. The molecule has 0 radical (unpaired) electrons. The summed E-state index contributed by atoms with van der Waals surface area (Å²) in [4.78, 5) is 47.2. The van der Waals surface area contributed by atoms with Gasteiger partial charge in [-0.1, -0.05) is 48.5 Å². The molecule has 3 aromatic carbocycles. The summed E-state index contributed by atoms with van der Waals surface area (Å²) in [5, 5.41) is 5.91. The van der Waals surface area contributed by atoms with Crippen molar-refractivity contribution in [3.05, 3.63) is 77.3 Å². The second kappa shape index (κ2) is 8.71. The van der Waals surface area contributed by atoms with Crippen LogP contribution in [0.25, 0.3) is 21.0 Å². The van der Waals surface area contributed by atoms with E-state index in [9.17, 15) is 14.4 Å². The summed E-state index contributed by atoms with van der Waals surface area (Å²) in [6, 6.07) is 21.1. The fraction of sp³-hybridized carbons (Fsp3) is 0.286. The Bertz CT molecular complexity index is 1480. The van der Waals surface area contributed by atoms with Gasteiger partial charge in [0.1, 0.15) is 12.1 Å². The molecular weight excluding hydrogens is 472 g/mol. The van der Waals surface area contributed by atoms with E-state index >= 15 is 0 Å². The van der Waals surface area contributed by atoms with Gasteiger partial charge in [-0.15, -0.1) is 11.3 Å². The first kappa shape index (κ1) is 22.7. The minimum Gasteiger partial charge on any atom is -0.340 e. The molecule has 0 saturated carbocycles. The molecule has 2 saturated heterocycles. The van der Waals surface area contributed by atoms with Crippen LogP contribution in [0.3, 0.4) is 0 Å². The number of likely N-dealkylation sites (tertiary alicyclic amines) is 1. The number of para-hydroxylation sites is 1. The number of piperidine rings is 1. The lowest BCUT2D eigenvalue weighted by Crippen LogP contribution is -2.47. The van der Waals surface area contributed by atoms with Crippen molar-refractivity contribution in [1.29, 1.82) is 0 Å². The second-order valence-corrected chi connectivity index (χ2v) is 10.8. The highest BCUT2D eigenvalue weighted by Gasteiger charge is 2.50. The monoisotopic (exact) mass is 498 g/mol. The zero-order valence-corrected chi connectivity index (χ0v) is 20.8. The number of urea groups is 1. The van der Waals surface area contributed by atoms with Gasteiger partial charge in [0.15, 0.2) is 0 Å². The van der Waals surface area contributed by atoms with Gasteiger partial charge in [0.2, 0.25) is 5.91 Å². The predicted molar refractivity (Wildman–Crippen MR) is 140 cm³/mol. The van der Waals surface area contributed by atoms with Crippen LogP contribution in [0.1, 0.15) is 36.3 Å². The highest BCUT2D eigenvalue weighted by Crippen LogP contribution is 2.34. The van der Waals surface area contributed by atoms with Gasteiger partial charge in [-0.25, -0.2) is 9.78 Å². The Morgan fingerprint density at radius 3 is 2.69 bits per heavy atom. The van der Waals surface area contributed by atoms with Gasteiger partial charge in [0.05, 0.1) is 15.2 Å². The predicted octanol–water partition coefficient (Wildman–Crippen LogP) is 4.62. The molecule has 3 heterocycles. The Morgan fingerprint density at radius 2 is 1.86 bits per heavy atom. The SMILES string of the molecule is C[C@]1(c2ccc3ccccc3c2)NC(=O)N(CC(=O)N2CCC[C@@H](c3nc4ccccc4s3)C2)C1=O. The van der Waals surface area contributed by atoms with Crippen LogP contribution >= 0.6 is 11.3 Å². The number of amides is 4. The molecule has 0 spiro atoms. The third-order valence-electron chi connectivity index (χ3n) is 7.33. The maximum Gasteiger partial charge on any atom is 0.325 e. The summed E-state index contributed by atoms with van der Waals surface area (Å²) in [6.45, 7) is 2.60. The fourth-order valence-corrected chi connectivity index (χ4v) is 6.33. The van der Waals surface area contributed by atoms with Crippen LogP contribution in [-0.4, -0.2) is 52.3 Å². The zero-order valence-electron chi connectivity index (χ0n) is 19.9. The molecule has 7 nitrogen and oxygen atoms in total. The summed E-state index contributed by atoms with van der Waals surface area (Å²) in [5.41, 5.74) is 0.462. The number of hydrogen-bond donors (Lipinski definition) is 1. The van der Waals surface area contributed by atoms with E-state index in [1.807, 2.05) is 60.7 Å². The number of carbonyl (C=O) groups is 3. The number of nitrogens with one attached hydrogen (secondary N) is 1. The van der Waals surface area contributed by atoms with Crippen molar-refractivity contribution in [3.8, 4) is 0 Å². The molecule has 1 aromatic heterocycles. The number of rotatable bonds is 4. The van der Waals surface area contributed by atoms with Crippen LogP contribution in [0.2, 0.25) is 0 Å². The summed E-state index contributed by atoms with van der Waals surface area (Å²) in [5.74, 6) is -0.464. The summed E-state index contributed by atoms with van der Waals surface area (Å²) < 4.78 is 1.14. The van der Waals surface area contributed by atoms with E-state index in [1.54, 1.807) is 23.2 Å². The number of imide groups is 1. The van der Waals surface area contributed by atoms with Gasteiger partial charge < -0.3 is 10.2 Å². The Balaban J connectivity index is 1.18. The average molecular weight is 499 g/mol. The molecule has 182 valence electrons. The van der Waals surface area contributed by atoms with Crippen molar-refractivity contribution < 1.29 is 14.4 Å². The molecule has 6 rings (SSSR count). The number of thiazole rings is 1. The molecule has 2 atom stereocenters. The summed E-state index contributed by atoms with van der Waals surface area (Å²) in [6.07, 6.45) is 1.83. The van der Waals surface area contributed by atoms with Crippen LogP contribution in [0.5, 0.6) is 0 Å². The third kappa shape index (κ3) is 3.82. The van der Waals surface area contributed by atoms with Crippen LogP contribution in [0, 0.1) is 0 Å². The first-order chi connectivity index (χ1) is 17.4. The van der Waals surface area contributed by atoms with Crippen molar-refractivity contribution in [2.24, 2.45) is 0 Å². The van der Waals surface area contributed by atoms with Gasteiger partial charge in [0.25, 0.3) is 5.91 Å². The minimum absolute atomic E-state index is 0.158. The van der Waals surface area contributed by atoms with E-state index in [0.29, 0.717) is 18.7 Å². The summed E-state index contributed by atoms with van der Waals surface area (Å²) >= 11 is 1.67. The van der Waals surface area contributed by atoms with Crippen LogP contribution in [-0.2, 0) is 15.1 Å². The lowest BCUT2D eigenvalue weighted by atomic mass is 9.90. The number of benzene rings is 3. The lowest BCUT2D eigenvalue weighted by Gasteiger charge is -2.32. The minimum atomic E-state index is -1.22. The third-order valence-corrected chi connectivity index (χ3v) is 8.53. The molecule has 4 aromatic rings. The highest BCUT2D eigenvalue weighted by atomic mass is 32.1. The summed E-state index contributed by atoms with van der Waals surface area (Å²) in [7, 11) is 0. The van der Waals surface area contributed by atoms with Crippen molar-refractivity contribution in [3.63, 3.8) is 0 Å². The molecule has 2 fully saturated rings. The van der Waals surface area contributed by atoms with E-state index in [1.165, 1.54) is 0 Å². The lowest BCUT2D eigenvalue weighted by molar-refractivity contribution is -0.139. The standard InChI is InChI=1S/C28H26N4O3S/c1-28(21-13-12-18-7-2-3-8-19(18)15-21)26(34)32(27(35)30-28)17-24(33)31-14-6-9-20(16-31)25-29-22-10-4-5-11-23(22)36-25/h2-5,7-8,10-13,15,20H,6,9,14,16-17H2,1H3,(H,30,35)/t20-,28-/m1/s1. The van der Waals surface area contributed by atoms with E-state index in [-0.39, 0.29) is 18.4 Å².